The van der Waals surface area contributed by atoms with Crippen LogP contribution in [0.25, 0.3) is 0 Å². The third-order valence-electron chi connectivity index (χ3n) is 2.06. The fourth-order valence-corrected chi connectivity index (χ4v) is 4.40. The van der Waals surface area contributed by atoms with Gasteiger partial charge in [0.05, 0.1) is 4.92 Å². The summed E-state index contributed by atoms with van der Waals surface area (Å²) < 4.78 is 23.4. The highest BCUT2D eigenvalue weighted by Crippen LogP contribution is 2.37. The number of aliphatic carboxylic acids is 2. The first-order valence-corrected chi connectivity index (χ1v) is 7.56. The fourth-order valence-electron chi connectivity index (χ4n) is 1.24. The Labute approximate surface area is 126 Å². The van der Waals surface area contributed by atoms with Gasteiger partial charge in [0.15, 0.2) is 4.34 Å². The molecular formula is C8H7ClN2O8S2. The summed E-state index contributed by atoms with van der Waals surface area (Å²) in [5.74, 6) is -3.14. The summed E-state index contributed by atoms with van der Waals surface area (Å²) >= 11 is 5.86. The minimum Gasteiger partial charge on any atom is -0.480 e. The molecule has 116 valence electrons. The van der Waals surface area contributed by atoms with Crippen LogP contribution in [0.15, 0.2) is 10.3 Å². The lowest BCUT2D eigenvalue weighted by Gasteiger charge is -2.16. The number of halogens is 1. The molecular weight excluding hydrogens is 352 g/mol. The molecule has 0 spiro atoms. The fraction of sp³-hybridized carbons (Fsp3) is 0.250. The maximum atomic E-state index is 12.1. The summed E-state index contributed by atoms with van der Waals surface area (Å²) in [6, 6.07) is 0.652. The first-order valence-electron chi connectivity index (χ1n) is 4.93. The number of nitro groups is 1. The molecule has 1 heterocycles. The number of nitrogens with zero attached hydrogens (tertiary/aromatic N) is 2. The number of carboxylic acids is 2. The van der Waals surface area contributed by atoms with Crippen LogP contribution in [0.2, 0.25) is 4.34 Å². The van der Waals surface area contributed by atoms with Crippen molar-refractivity contribution in [3.8, 4) is 0 Å². The molecule has 1 aromatic rings. The second-order valence-corrected chi connectivity index (χ2v) is 7.36. The molecule has 0 amide bonds. The summed E-state index contributed by atoms with van der Waals surface area (Å²) in [6.07, 6.45) is 0. The molecule has 0 saturated carbocycles. The van der Waals surface area contributed by atoms with Gasteiger partial charge in [-0.1, -0.05) is 11.6 Å². The van der Waals surface area contributed by atoms with Crippen molar-refractivity contribution in [2.45, 2.75) is 4.21 Å². The highest BCUT2D eigenvalue weighted by molar-refractivity contribution is 7.91. The van der Waals surface area contributed by atoms with Crippen molar-refractivity contribution in [3.63, 3.8) is 0 Å². The van der Waals surface area contributed by atoms with Gasteiger partial charge in [0, 0.05) is 6.07 Å². The quantitative estimate of drug-likeness (QED) is 0.526. The standard InChI is InChI=1S/C8H7ClN2O8S2/c9-8-4(11(16)17)1-7(20-8)21(18,19)10(2-5(12)13)3-6(14)15/h1H,2-3H2,(H,12,13)(H,14,15). The Morgan fingerprint density at radius 2 is 1.81 bits per heavy atom. The maximum Gasteiger partial charge on any atom is 0.318 e. The zero-order valence-corrected chi connectivity index (χ0v) is 12.3. The molecule has 1 aromatic heterocycles. The van der Waals surface area contributed by atoms with Crippen LogP contribution in [-0.4, -0.2) is 52.9 Å². The van der Waals surface area contributed by atoms with Crippen LogP contribution >= 0.6 is 22.9 Å². The number of carbonyl (C=O) groups is 2. The van der Waals surface area contributed by atoms with Crippen molar-refractivity contribution in [2.24, 2.45) is 0 Å². The van der Waals surface area contributed by atoms with E-state index in [1.165, 1.54) is 0 Å². The summed E-state index contributed by atoms with van der Waals surface area (Å²) in [6.45, 7) is -2.20. The smallest absolute Gasteiger partial charge is 0.318 e. The molecule has 0 radical (unpaired) electrons. The number of hydrogen-bond donors (Lipinski definition) is 2. The van der Waals surface area contributed by atoms with Gasteiger partial charge in [-0.2, -0.15) is 4.31 Å². The van der Waals surface area contributed by atoms with E-state index in [1.807, 2.05) is 0 Å². The van der Waals surface area contributed by atoms with E-state index in [0.29, 0.717) is 17.4 Å². The summed E-state index contributed by atoms with van der Waals surface area (Å²) in [4.78, 5) is 31.0. The second kappa shape index (κ2) is 6.34. The first-order chi connectivity index (χ1) is 9.55. The van der Waals surface area contributed by atoms with Crippen molar-refractivity contribution < 1.29 is 33.1 Å². The molecule has 0 unspecified atom stereocenters. The second-order valence-electron chi connectivity index (χ2n) is 3.54. The van der Waals surface area contributed by atoms with Gasteiger partial charge < -0.3 is 10.2 Å². The van der Waals surface area contributed by atoms with Crippen LogP contribution in [-0.2, 0) is 19.6 Å². The van der Waals surface area contributed by atoms with Gasteiger partial charge in [-0.25, -0.2) is 8.42 Å². The molecule has 10 nitrogen and oxygen atoms in total. The minimum atomic E-state index is -4.53. The topological polar surface area (TPSA) is 155 Å². The van der Waals surface area contributed by atoms with Crippen molar-refractivity contribution in [1.82, 2.24) is 4.31 Å². The molecule has 1 rings (SSSR count). The van der Waals surface area contributed by atoms with Crippen LogP contribution < -0.4 is 0 Å². The van der Waals surface area contributed by atoms with Gasteiger partial charge in [-0.05, 0) is 0 Å². The molecule has 0 saturated heterocycles. The highest BCUT2D eigenvalue weighted by Gasteiger charge is 2.33. The van der Waals surface area contributed by atoms with E-state index in [2.05, 4.69) is 0 Å². The molecule has 0 aromatic carbocycles. The average molecular weight is 359 g/mol. The summed E-state index contributed by atoms with van der Waals surface area (Å²) in [7, 11) is -4.53. The normalized spacial score (nSPS) is 11.5. The average Bonchev–Trinajstić information content (AvgIpc) is 2.70. The Morgan fingerprint density at radius 1 is 1.33 bits per heavy atom. The van der Waals surface area contributed by atoms with Crippen molar-refractivity contribution >= 4 is 50.6 Å². The predicted molar refractivity (Wildman–Crippen MR) is 70.0 cm³/mol. The van der Waals surface area contributed by atoms with Gasteiger partial charge in [0.2, 0.25) is 0 Å². The zero-order valence-electron chi connectivity index (χ0n) is 9.92. The van der Waals surface area contributed by atoms with E-state index in [1.54, 1.807) is 0 Å². The largest absolute Gasteiger partial charge is 0.480 e. The molecule has 0 bridgehead atoms. The van der Waals surface area contributed by atoms with Gasteiger partial charge in [-0.3, -0.25) is 19.7 Å². The third kappa shape index (κ3) is 4.10. The van der Waals surface area contributed by atoms with Gasteiger partial charge in [0.1, 0.15) is 17.3 Å². The van der Waals surface area contributed by atoms with Crippen LogP contribution in [0.4, 0.5) is 5.69 Å². The van der Waals surface area contributed by atoms with E-state index < -0.39 is 54.2 Å². The van der Waals surface area contributed by atoms with E-state index in [9.17, 15) is 28.1 Å². The SMILES string of the molecule is O=C(O)CN(CC(=O)O)S(=O)(=O)c1cc([N+](=O)[O-])c(Cl)s1. The van der Waals surface area contributed by atoms with E-state index in [0.717, 1.165) is 0 Å². The van der Waals surface area contributed by atoms with Gasteiger partial charge in [0.25, 0.3) is 15.7 Å². The molecule has 0 aliphatic carbocycles. The number of thiophene rings is 1. The van der Waals surface area contributed by atoms with E-state index in [-0.39, 0.29) is 4.31 Å². The molecule has 0 atom stereocenters. The molecule has 0 aliphatic heterocycles. The Kier molecular flexibility index (Phi) is 5.22. The van der Waals surface area contributed by atoms with Crippen LogP contribution in [0.3, 0.4) is 0 Å². The zero-order chi connectivity index (χ0) is 16.4. The van der Waals surface area contributed by atoms with Crippen LogP contribution in [0.1, 0.15) is 0 Å². The Hall–Kier alpha value is -1.76. The Morgan fingerprint density at radius 3 is 2.14 bits per heavy atom. The molecule has 21 heavy (non-hydrogen) atoms. The van der Waals surface area contributed by atoms with E-state index >= 15 is 0 Å². The van der Waals surface area contributed by atoms with E-state index in [4.69, 9.17) is 21.8 Å². The molecule has 13 heteroatoms. The Balaban J connectivity index is 3.28. The van der Waals surface area contributed by atoms with Crippen molar-refractivity contribution in [1.29, 1.82) is 0 Å². The number of carboxylic acid groups (broad SMARTS) is 2. The van der Waals surface area contributed by atoms with Gasteiger partial charge in [-0.15, -0.1) is 11.3 Å². The lowest BCUT2D eigenvalue weighted by molar-refractivity contribution is -0.384. The predicted octanol–water partition coefficient (Wildman–Crippen LogP) is 0.470. The monoisotopic (exact) mass is 358 g/mol. The highest BCUT2D eigenvalue weighted by atomic mass is 35.5. The summed E-state index contributed by atoms with van der Waals surface area (Å²) in [5.41, 5.74) is -0.661. The number of rotatable bonds is 7. The van der Waals surface area contributed by atoms with Crippen LogP contribution in [0.5, 0.6) is 0 Å². The van der Waals surface area contributed by atoms with Crippen molar-refractivity contribution in [3.05, 3.63) is 20.5 Å². The minimum absolute atomic E-state index is 0.170. The van der Waals surface area contributed by atoms with Gasteiger partial charge >= 0.3 is 11.9 Å². The lowest BCUT2D eigenvalue weighted by Crippen LogP contribution is -2.39. The molecule has 0 aliphatic rings. The molecule has 0 fully saturated rings. The lowest BCUT2D eigenvalue weighted by atomic mass is 10.6. The number of sulfonamides is 1. The maximum absolute atomic E-state index is 12.1. The summed E-state index contributed by atoms with van der Waals surface area (Å²) in [5, 5.41) is 27.9. The first kappa shape index (κ1) is 17.3. The number of hydrogen-bond acceptors (Lipinski definition) is 7. The van der Waals surface area contributed by atoms with Crippen LogP contribution in [0, 0.1) is 10.1 Å². The third-order valence-corrected chi connectivity index (χ3v) is 5.64. The Bertz CT molecular complexity index is 681. The van der Waals surface area contributed by atoms with Crippen molar-refractivity contribution in [2.75, 3.05) is 13.1 Å². The molecule has 2 N–H and O–H groups in total.